The zero-order valence-corrected chi connectivity index (χ0v) is 11.6. The van der Waals surface area contributed by atoms with Gasteiger partial charge in [-0.3, -0.25) is 4.72 Å². The maximum absolute atomic E-state index is 13.6. The smallest absolute Gasteiger partial charge is 0.263 e. The second kappa shape index (κ2) is 5.56. The minimum absolute atomic E-state index is 0.0485. The van der Waals surface area contributed by atoms with Crippen molar-refractivity contribution >= 4 is 15.8 Å². The van der Waals surface area contributed by atoms with Crippen LogP contribution < -0.4 is 10.5 Å². The molecule has 20 heavy (non-hydrogen) atoms. The number of nitrogens with one attached hydrogen (secondary N) is 1. The second-order valence-electron chi connectivity index (χ2n) is 4.19. The summed E-state index contributed by atoms with van der Waals surface area (Å²) in [5, 5.41) is 0. The van der Waals surface area contributed by atoms with Crippen LogP contribution in [-0.4, -0.2) is 13.4 Å². The zero-order chi connectivity index (χ0) is 14.8. The van der Waals surface area contributed by atoms with E-state index in [9.17, 15) is 12.8 Å². The third-order valence-electron chi connectivity index (χ3n) is 2.70. The van der Waals surface area contributed by atoms with Crippen LogP contribution in [0.25, 0.3) is 0 Å². The molecule has 0 aliphatic heterocycles. The van der Waals surface area contributed by atoms with Crippen molar-refractivity contribution in [1.29, 1.82) is 0 Å². The van der Waals surface area contributed by atoms with Gasteiger partial charge in [0, 0.05) is 17.8 Å². The van der Waals surface area contributed by atoms with Gasteiger partial charge in [0.2, 0.25) is 0 Å². The summed E-state index contributed by atoms with van der Waals surface area (Å²) in [5.41, 5.74) is 6.04. The summed E-state index contributed by atoms with van der Waals surface area (Å²) < 4.78 is 40.5. The van der Waals surface area contributed by atoms with E-state index in [1.807, 2.05) is 0 Å². The molecule has 0 radical (unpaired) electrons. The quantitative estimate of drug-likeness (QED) is 0.900. The first-order chi connectivity index (χ1) is 9.44. The van der Waals surface area contributed by atoms with Gasteiger partial charge in [-0.15, -0.1) is 0 Å². The molecule has 0 spiro atoms. The van der Waals surface area contributed by atoms with Crippen LogP contribution in [0.4, 0.5) is 10.2 Å². The van der Waals surface area contributed by atoms with Crippen LogP contribution in [0.15, 0.2) is 41.3 Å². The average Bonchev–Trinajstić information content (AvgIpc) is 2.38. The molecule has 0 unspecified atom stereocenters. The summed E-state index contributed by atoms with van der Waals surface area (Å²) in [7, 11) is -3.93. The maximum Gasteiger partial charge on any atom is 0.263 e. The second-order valence-corrected chi connectivity index (χ2v) is 5.84. The molecule has 0 atom stereocenters. The van der Waals surface area contributed by atoms with Crippen molar-refractivity contribution in [2.24, 2.45) is 5.73 Å². The topological polar surface area (TPSA) is 85.1 Å². The van der Waals surface area contributed by atoms with Crippen LogP contribution >= 0.6 is 0 Å². The number of nitrogens with zero attached hydrogens (tertiary/aromatic N) is 1. The van der Waals surface area contributed by atoms with Crippen molar-refractivity contribution in [2.45, 2.75) is 18.4 Å². The van der Waals surface area contributed by atoms with E-state index in [4.69, 9.17) is 5.73 Å². The summed E-state index contributed by atoms with van der Waals surface area (Å²) in [6.07, 6.45) is 0. The lowest BCUT2D eigenvalue weighted by molar-refractivity contribution is 0.585. The standard InChI is InChI=1S/C13H14FN3O2S/c1-9-4-2-7-13(16-9)17-20(18,19)12-6-3-5-11(14)10(12)8-15/h2-7H,8,15H2,1H3,(H,16,17). The van der Waals surface area contributed by atoms with Crippen molar-refractivity contribution in [3.05, 3.63) is 53.5 Å². The number of sulfonamides is 1. The number of benzene rings is 1. The highest BCUT2D eigenvalue weighted by molar-refractivity contribution is 7.92. The summed E-state index contributed by atoms with van der Waals surface area (Å²) in [4.78, 5) is 3.87. The number of hydrogen-bond acceptors (Lipinski definition) is 4. The Morgan fingerprint density at radius 2 is 1.95 bits per heavy atom. The molecule has 2 rings (SSSR count). The number of anilines is 1. The van der Waals surface area contributed by atoms with Crippen molar-refractivity contribution in [1.82, 2.24) is 4.98 Å². The van der Waals surface area contributed by atoms with Crippen LogP contribution in [-0.2, 0) is 16.6 Å². The van der Waals surface area contributed by atoms with Crippen LogP contribution in [0.3, 0.4) is 0 Å². The number of halogens is 1. The first kappa shape index (κ1) is 14.4. The van der Waals surface area contributed by atoms with Gasteiger partial charge in [-0.05, 0) is 31.2 Å². The first-order valence-electron chi connectivity index (χ1n) is 5.88. The molecule has 0 aliphatic carbocycles. The molecule has 3 N–H and O–H groups in total. The van der Waals surface area contributed by atoms with Gasteiger partial charge in [-0.2, -0.15) is 0 Å². The Balaban J connectivity index is 2.43. The fourth-order valence-electron chi connectivity index (χ4n) is 1.78. The molecule has 0 amide bonds. The molecule has 5 nitrogen and oxygen atoms in total. The van der Waals surface area contributed by atoms with Gasteiger partial charge >= 0.3 is 0 Å². The molecule has 0 saturated heterocycles. The van der Waals surface area contributed by atoms with Crippen molar-refractivity contribution < 1.29 is 12.8 Å². The number of aryl methyl sites for hydroxylation is 1. The van der Waals surface area contributed by atoms with E-state index in [0.29, 0.717) is 5.69 Å². The van der Waals surface area contributed by atoms with E-state index in [0.717, 1.165) is 0 Å². The fourth-order valence-corrected chi connectivity index (χ4v) is 3.04. The summed E-state index contributed by atoms with van der Waals surface area (Å²) in [6, 6.07) is 8.75. The monoisotopic (exact) mass is 295 g/mol. The van der Waals surface area contributed by atoms with E-state index >= 15 is 0 Å². The minimum Gasteiger partial charge on any atom is -0.326 e. The first-order valence-corrected chi connectivity index (χ1v) is 7.36. The van der Waals surface area contributed by atoms with Gasteiger partial charge in [-0.1, -0.05) is 12.1 Å². The van der Waals surface area contributed by atoms with E-state index in [-0.39, 0.29) is 22.8 Å². The molecule has 7 heteroatoms. The highest BCUT2D eigenvalue weighted by Gasteiger charge is 2.20. The minimum atomic E-state index is -3.93. The van der Waals surface area contributed by atoms with E-state index in [1.165, 1.54) is 24.3 Å². The van der Waals surface area contributed by atoms with Gasteiger partial charge in [0.15, 0.2) is 0 Å². The number of hydrogen-bond donors (Lipinski definition) is 2. The number of rotatable bonds is 4. The van der Waals surface area contributed by atoms with E-state index in [2.05, 4.69) is 9.71 Å². The number of nitrogens with two attached hydrogens (primary N) is 1. The summed E-state index contributed by atoms with van der Waals surface area (Å²) >= 11 is 0. The zero-order valence-electron chi connectivity index (χ0n) is 10.8. The van der Waals surface area contributed by atoms with Crippen molar-refractivity contribution in [3.63, 3.8) is 0 Å². The predicted octanol–water partition coefficient (Wildman–Crippen LogP) is 1.79. The Kier molecular flexibility index (Phi) is 4.01. The molecule has 0 aliphatic rings. The Morgan fingerprint density at radius 3 is 2.60 bits per heavy atom. The van der Waals surface area contributed by atoms with Gasteiger partial charge in [0.1, 0.15) is 11.6 Å². The van der Waals surface area contributed by atoms with Gasteiger partial charge < -0.3 is 5.73 Å². The molecule has 2 aromatic rings. The van der Waals surface area contributed by atoms with Crippen LogP contribution in [0.5, 0.6) is 0 Å². The molecule has 1 heterocycles. The summed E-state index contributed by atoms with van der Waals surface area (Å²) in [5.74, 6) is -0.468. The lowest BCUT2D eigenvalue weighted by Gasteiger charge is -2.11. The predicted molar refractivity (Wildman–Crippen MR) is 74.1 cm³/mol. The van der Waals surface area contributed by atoms with Crippen LogP contribution in [0.2, 0.25) is 0 Å². The van der Waals surface area contributed by atoms with Gasteiger partial charge in [-0.25, -0.2) is 17.8 Å². The van der Waals surface area contributed by atoms with Gasteiger partial charge in [0.05, 0.1) is 4.90 Å². The molecule has 106 valence electrons. The molecule has 0 saturated carbocycles. The SMILES string of the molecule is Cc1cccc(NS(=O)(=O)c2cccc(F)c2CN)n1. The lowest BCUT2D eigenvalue weighted by atomic mass is 10.2. The maximum atomic E-state index is 13.6. The molecular weight excluding hydrogens is 281 g/mol. The Bertz CT molecular complexity index is 732. The van der Waals surface area contributed by atoms with Crippen molar-refractivity contribution in [3.8, 4) is 0 Å². The lowest BCUT2D eigenvalue weighted by Crippen LogP contribution is -2.18. The molecular formula is C13H14FN3O2S. The Labute approximate surface area is 116 Å². The number of aromatic nitrogens is 1. The van der Waals surface area contributed by atoms with E-state index in [1.54, 1.807) is 19.1 Å². The highest BCUT2D eigenvalue weighted by Crippen LogP contribution is 2.21. The summed E-state index contributed by atoms with van der Waals surface area (Å²) in [6.45, 7) is 1.54. The Morgan fingerprint density at radius 1 is 1.25 bits per heavy atom. The normalized spacial score (nSPS) is 11.3. The molecule has 1 aromatic heterocycles. The average molecular weight is 295 g/mol. The van der Waals surface area contributed by atoms with Crippen LogP contribution in [0, 0.1) is 12.7 Å². The third kappa shape index (κ3) is 2.94. The van der Waals surface area contributed by atoms with Gasteiger partial charge in [0.25, 0.3) is 10.0 Å². The van der Waals surface area contributed by atoms with E-state index < -0.39 is 15.8 Å². The third-order valence-corrected chi connectivity index (χ3v) is 4.14. The largest absolute Gasteiger partial charge is 0.326 e. The van der Waals surface area contributed by atoms with Crippen LogP contribution in [0.1, 0.15) is 11.3 Å². The molecule has 0 bridgehead atoms. The van der Waals surface area contributed by atoms with Crippen molar-refractivity contribution in [2.75, 3.05) is 4.72 Å². The number of pyridine rings is 1. The fraction of sp³-hybridized carbons (Fsp3) is 0.154. The molecule has 1 aromatic carbocycles. The highest BCUT2D eigenvalue weighted by atomic mass is 32.2. The Hall–Kier alpha value is -1.99. The molecule has 0 fully saturated rings.